The van der Waals surface area contributed by atoms with Gasteiger partial charge in [0, 0.05) is 25.2 Å². The number of halogens is 1. The van der Waals surface area contributed by atoms with Gasteiger partial charge in [-0.3, -0.25) is 4.79 Å². The van der Waals surface area contributed by atoms with Gasteiger partial charge in [0.25, 0.3) is 5.91 Å². The van der Waals surface area contributed by atoms with Gasteiger partial charge in [0.2, 0.25) is 0 Å². The van der Waals surface area contributed by atoms with Gasteiger partial charge in [-0.1, -0.05) is 28.9 Å². The third-order valence-corrected chi connectivity index (χ3v) is 4.37. The van der Waals surface area contributed by atoms with Crippen LogP contribution >= 0.6 is 11.6 Å². The van der Waals surface area contributed by atoms with E-state index < -0.39 is 0 Å². The Kier molecular flexibility index (Phi) is 5.48. The van der Waals surface area contributed by atoms with Crippen molar-refractivity contribution in [2.75, 3.05) is 20.2 Å². The molecule has 0 aliphatic carbocycles. The number of carbonyl (C=O) groups is 1. The Morgan fingerprint density at radius 3 is 2.88 bits per heavy atom. The third kappa shape index (κ3) is 4.33. The topological polar surface area (TPSA) is 60.2 Å². The van der Waals surface area contributed by atoms with Gasteiger partial charge >= 0.3 is 0 Å². The number of hydrogen-bond donors (Lipinski definition) is 0. The number of ether oxygens (including phenoxy) is 1. The summed E-state index contributed by atoms with van der Waals surface area (Å²) in [5, 5.41) is 8.73. The van der Waals surface area contributed by atoms with E-state index in [2.05, 4.69) is 10.3 Å². The molecule has 1 unspecified atom stereocenters. The standard InChI is InChI=1S/C17H21ClN4O2/c1-21(11-15-4-2-3-9-24-15)17(23)16-12-22(20-19-16)10-13-5-7-14(18)8-6-13/h5-8,12,15H,2-4,9-11H2,1H3. The number of amides is 1. The highest BCUT2D eigenvalue weighted by Crippen LogP contribution is 2.14. The van der Waals surface area contributed by atoms with E-state index in [0.717, 1.165) is 31.4 Å². The molecule has 2 heterocycles. The first-order valence-electron chi connectivity index (χ1n) is 8.13. The zero-order valence-electron chi connectivity index (χ0n) is 13.7. The molecule has 2 aromatic rings. The molecule has 1 amide bonds. The average Bonchev–Trinajstić information content (AvgIpc) is 3.05. The molecule has 6 nitrogen and oxygen atoms in total. The first kappa shape index (κ1) is 16.9. The van der Waals surface area contributed by atoms with Gasteiger partial charge in [-0.05, 0) is 37.0 Å². The Labute approximate surface area is 146 Å². The molecule has 128 valence electrons. The second-order valence-corrected chi connectivity index (χ2v) is 6.54. The molecular formula is C17H21ClN4O2. The van der Waals surface area contributed by atoms with Crippen LogP contribution in [-0.4, -0.2) is 52.1 Å². The van der Waals surface area contributed by atoms with Gasteiger partial charge in [-0.2, -0.15) is 0 Å². The highest BCUT2D eigenvalue weighted by atomic mass is 35.5. The summed E-state index contributed by atoms with van der Waals surface area (Å²) < 4.78 is 7.34. The van der Waals surface area contributed by atoms with E-state index in [0.29, 0.717) is 23.8 Å². The van der Waals surface area contributed by atoms with Gasteiger partial charge in [0.15, 0.2) is 5.69 Å². The summed E-state index contributed by atoms with van der Waals surface area (Å²) in [5.74, 6) is -0.133. The molecule has 1 saturated heterocycles. The van der Waals surface area contributed by atoms with Crippen molar-refractivity contribution in [3.63, 3.8) is 0 Å². The van der Waals surface area contributed by atoms with E-state index in [4.69, 9.17) is 16.3 Å². The molecule has 0 spiro atoms. The van der Waals surface area contributed by atoms with Crippen molar-refractivity contribution in [3.05, 3.63) is 46.7 Å². The fourth-order valence-corrected chi connectivity index (χ4v) is 2.91. The molecule has 1 aliphatic heterocycles. The summed E-state index contributed by atoms with van der Waals surface area (Å²) in [7, 11) is 1.78. The van der Waals surface area contributed by atoms with Crippen LogP contribution in [0.4, 0.5) is 0 Å². The van der Waals surface area contributed by atoms with Crippen LogP contribution in [0.15, 0.2) is 30.5 Å². The van der Waals surface area contributed by atoms with E-state index in [-0.39, 0.29) is 12.0 Å². The van der Waals surface area contributed by atoms with Crippen LogP contribution in [0.1, 0.15) is 35.3 Å². The number of nitrogens with zero attached hydrogens (tertiary/aromatic N) is 4. The Morgan fingerprint density at radius 2 is 2.17 bits per heavy atom. The molecule has 0 radical (unpaired) electrons. The van der Waals surface area contributed by atoms with Crippen molar-refractivity contribution in [1.82, 2.24) is 19.9 Å². The van der Waals surface area contributed by atoms with Crippen molar-refractivity contribution in [3.8, 4) is 0 Å². The van der Waals surface area contributed by atoms with Crippen molar-refractivity contribution in [1.29, 1.82) is 0 Å². The van der Waals surface area contributed by atoms with Crippen LogP contribution in [0.25, 0.3) is 0 Å². The molecule has 1 aromatic heterocycles. The van der Waals surface area contributed by atoms with Crippen molar-refractivity contribution in [2.24, 2.45) is 0 Å². The van der Waals surface area contributed by atoms with Gasteiger partial charge in [0.05, 0.1) is 18.8 Å². The molecule has 1 aromatic carbocycles. The van der Waals surface area contributed by atoms with Crippen molar-refractivity contribution in [2.45, 2.75) is 31.9 Å². The fourth-order valence-electron chi connectivity index (χ4n) is 2.79. The minimum Gasteiger partial charge on any atom is -0.376 e. The highest BCUT2D eigenvalue weighted by Gasteiger charge is 2.21. The van der Waals surface area contributed by atoms with Crippen LogP contribution in [-0.2, 0) is 11.3 Å². The molecule has 1 aliphatic rings. The summed E-state index contributed by atoms with van der Waals surface area (Å²) in [6.45, 7) is 1.92. The van der Waals surface area contributed by atoms with Crippen LogP contribution < -0.4 is 0 Å². The maximum absolute atomic E-state index is 12.5. The average molecular weight is 349 g/mol. The molecule has 3 rings (SSSR count). The lowest BCUT2D eigenvalue weighted by atomic mass is 10.1. The Morgan fingerprint density at radius 1 is 1.38 bits per heavy atom. The number of rotatable bonds is 5. The lowest BCUT2D eigenvalue weighted by molar-refractivity contribution is -0.000292. The zero-order valence-corrected chi connectivity index (χ0v) is 14.4. The van der Waals surface area contributed by atoms with Crippen molar-refractivity contribution >= 4 is 17.5 Å². The van der Waals surface area contributed by atoms with Crippen molar-refractivity contribution < 1.29 is 9.53 Å². The number of benzene rings is 1. The second-order valence-electron chi connectivity index (χ2n) is 6.10. The van der Waals surface area contributed by atoms with E-state index in [1.165, 1.54) is 0 Å². The largest absolute Gasteiger partial charge is 0.376 e. The molecule has 0 bridgehead atoms. The smallest absolute Gasteiger partial charge is 0.275 e. The van der Waals surface area contributed by atoms with Gasteiger partial charge in [0.1, 0.15) is 0 Å². The Bertz CT molecular complexity index is 680. The van der Waals surface area contributed by atoms with Crippen LogP contribution in [0.2, 0.25) is 5.02 Å². The van der Waals surface area contributed by atoms with E-state index in [1.807, 2.05) is 24.3 Å². The lowest BCUT2D eigenvalue weighted by Gasteiger charge is -2.26. The minimum absolute atomic E-state index is 0.122. The summed E-state index contributed by atoms with van der Waals surface area (Å²) in [6.07, 6.45) is 5.06. The molecule has 1 atom stereocenters. The van der Waals surface area contributed by atoms with Crippen LogP contribution in [0.5, 0.6) is 0 Å². The zero-order chi connectivity index (χ0) is 16.9. The fraction of sp³-hybridized carbons (Fsp3) is 0.471. The number of aromatic nitrogens is 3. The monoisotopic (exact) mass is 348 g/mol. The summed E-state index contributed by atoms with van der Waals surface area (Å²) in [6, 6.07) is 7.52. The quantitative estimate of drug-likeness (QED) is 0.833. The molecule has 0 saturated carbocycles. The normalized spacial score (nSPS) is 17.7. The molecule has 7 heteroatoms. The third-order valence-electron chi connectivity index (χ3n) is 4.11. The number of carbonyl (C=O) groups excluding carboxylic acids is 1. The Balaban J connectivity index is 1.59. The van der Waals surface area contributed by atoms with E-state index in [1.54, 1.807) is 22.8 Å². The van der Waals surface area contributed by atoms with Gasteiger partial charge in [-0.15, -0.1) is 5.10 Å². The summed E-state index contributed by atoms with van der Waals surface area (Å²) in [4.78, 5) is 14.1. The maximum Gasteiger partial charge on any atom is 0.275 e. The molecular weight excluding hydrogens is 328 g/mol. The second kappa shape index (κ2) is 7.77. The summed E-state index contributed by atoms with van der Waals surface area (Å²) >= 11 is 5.88. The molecule has 1 fully saturated rings. The molecule has 24 heavy (non-hydrogen) atoms. The number of likely N-dealkylation sites (N-methyl/N-ethyl adjacent to an activating group) is 1. The molecule has 0 N–H and O–H groups in total. The summed E-state index contributed by atoms with van der Waals surface area (Å²) in [5.41, 5.74) is 1.40. The predicted molar refractivity (Wildman–Crippen MR) is 91.1 cm³/mol. The van der Waals surface area contributed by atoms with Gasteiger partial charge < -0.3 is 9.64 Å². The lowest BCUT2D eigenvalue weighted by Crippen LogP contribution is -2.37. The Hall–Kier alpha value is -1.92. The van der Waals surface area contributed by atoms with Gasteiger partial charge in [-0.25, -0.2) is 4.68 Å². The number of hydrogen-bond acceptors (Lipinski definition) is 4. The SMILES string of the molecule is CN(CC1CCCCO1)C(=O)c1cn(Cc2ccc(Cl)cc2)nn1. The maximum atomic E-state index is 12.5. The highest BCUT2D eigenvalue weighted by molar-refractivity contribution is 6.30. The first-order valence-corrected chi connectivity index (χ1v) is 8.51. The van der Waals surface area contributed by atoms with Crippen LogP contribution in [0, 0.1) is 0 Å². The van der Waals surface area contributed by atoms with Crippen LogP contribution in [0.3, 0.4) is 0 Å². The minimum atomic E-state index is -0.133. The van der Waals surface area contributed by atoms with E-state index >= 15 is 0 Å². The van der Waals surface area contributed by atoms with E-state index in [9.17, 15) is 4.79 Å². The predicted octanol–water partition coefficient (Wildman–Crippen LogP) is 2.62. The first-order chi connectivity index (χ1) is 11.6.